The third-order valence-electron chi connectivity index (χ3n) is 3.71. The molecule has 1 unspecified atom stereocenters. The Balaban J connectivity index is 2.44. The van der Waals surface area contributed by atoms with Crippen molar-refractivity contribution in [2.24, 2.45) is 16.8 Å². The molecule has 2 heterocycles. The highest BCUT2D eigenvalue weighted by Crippen LogP contribution is 2.32. The van der Waals surface area contributed by atoms with Gasteiger partial charge in [0.2, 0.25) is 0 Å². The molecule has 1 aliphatic heterocycles. The lowest BCUT2D eigenvalue weighted by atomic mass is 10.1. The predicted octanol–water partition coefficient (Wildman–Crippen LogP) is 2.43. The molecule has 0 radical (unpaired) electrons. The minimum Gasteiger partial charge on any atom is -0.409 e. The number of oxime groups is 1. The SMILES string of the molecule is CCC1CCN(c2nc(C(F)(F)F)ccc2/C(N)=N/O)C1. The molecule has 0 bridgehead atoms. The zero-order valence-corrected chi connectivity index (χ0v) is 11.6. The molecule has 0 spiro atoms. The Kier molecular flexibility index (Phi) is 4.24. The Hall–Kier alpha value is -1.99. The van der Waals surface area contributed by atoms with Crippen molar-refractivity contribution in [3.8, 4) is 0 Å². The van der Waals surface area contributed by atoms with Crippen LogP contribution in [0.5, 0.6) is 0 Å². The van der Waals surface area contributed by atoms with Gasteiger partial charge in [0.1, 0.15) is 11.5 Å². The van der Waals surface area contributed by atoms with Gasteiger partial charge in [-0.1, -0.05) is 18.5 Å². The van der Waals surface area contributed by atoms with Crippen molar-refractivity contribution in [2.45, 2.75) is 25.9 Å². The van der Waals surface area contributed by atoms with Crippen LogP contribution in [0, 0.1) is 5.92 Å². The van der Waals surface area contributed by atoms with E-state index in [1.165, 1.54) is 6.07 Å². The fourth-order valence-corrected chi connectivity index (χ4v) is 2.46. The number of rotatable bonds is 3. The molecule has 0 aliphatic carbocycles. The summed E-state index contributed by atoms with van der Waals surface area (Å²) >= 11 is 0. The first-order chi connectivity index (χ1) is 9.86. The van der Waals surface area contributed by atoms with Crippen LogP contribution in [0.3, 0.4) is 0 Å². The summed E-state index contributed by atoms with van der Waals surface area (Å²) in [7, 11) is 0. The van der Waals surface area contributed by atoms with Crippen molar-refractivity contribution in [2.75, 3.05) is 18.0 Å². The molecule has 1 fully saturated rings. The second-order valence-electron chi connectivity index (χ2n) is 5.06. The van der Waals surface area contributed by atoms with Crippen LogP contribution >= 0.6 is 0 Å². The lowest BCUT2D eigenvalue weighted by Gasteiger charge is -2.21. The minimum absolute atomic E-state index is 0.121. The van der Waals surface area contributed by atoms with Gasteiger partial charge in [0.05, 0.1) is 5.56 Å². The van der Waals surface area contributed by atoms with Gasteiger partial charge >= 0.3 is 6.18 Å². The van der Waals surface area contributed by atoms with Gasteiger partial charge in [-0.3, -0.25) is 0 Å². The largest absolute Gasteiger partial charge is 0.433 e. The van der Waals surface area contributed by atoms with Crippen molar-refractivity contribution < 1.29 is 18.4 Å². The molecule has 21 heavy (non-hydrogen) atoms. The first kappa shape index (κ1) is 15.4. The number of pyridine rings is 1. The zero-order chi connectivity index (χ0) is 15.6. The number of aromatic nitrogens is 1. The van der Waals surface area contributed by atoms with Crippen LogP contribution in [0.2, 0.25) is 0 Å². The molecule has 8 heteroatoms. The number of amidine groups is 1. The van der Waals surface area contributed by atoms with E-state index in [-0.39, 0.29) is 17.2 Å². The first-order valence-electron chi connectivity index (χ1n) is 6.68. The maximum atomic E-state index is 12.8. The number of nitrogens with zero attached hydrogens (tertiary/aromatic N) is 3. The van der Waals surface area contributed by atoms with Crippen LogP contribution in [-0.4, -0.2) is 29.1 Å². The van der Waals surface area contributed by atoms with Crippen molar-refractivity contribution in [1.29, 1.82) is 0 Å². The van der Waals surface area contributed by atoms with E-state index in [2.05, 4.69) is 10.1 Å². The molecule has 1 aliphatic rings. The van der Waals surface area contributed by atoms with E-state index in [4.69, 9.17) is 10.9 Å². The fraction of sp³-hybridized carbons (Fsp3) is 0.538. The molecule has 0 amide bonds. The van der Waals surface area contributed by atoms with E-state index in [0.717, 1.165) is 18.9 Å². The highest BCUT2D eigenvalue weighted by atomic mass is 19.4. The van der Waals surface area contributed by atoms with E-state index in [1.54, 1.807) is 4.90 Å². The van der Waals surface area contributed by atoms with Crippen LogP contribution in [0.25, 0.3) is 0 Å². The van der Waals surface area contributed by atoms with E-state index < -0.39 is 11.9 Å². The second-order valence-corrected chi connectivity index (χ2v) is 5.06. The van der Waals surface area contributed by atoms with E-state index >= 15 is 0 Å². The van der Waals surface area contributed by atoms with Crippen molar-refractivity contribution in [3.63, 3.8) is 0 Å². The second kappa shape index (κ2) is 5.79. The van der Waals surface area contributed by atoms with E-state index in [0.29, 0.717) is 19.0 Å². The molecule has 0 aromatic carbocycles. The van der Waals surface area contributed by atoms with Crippen LogP contribution in [0.1, 0.15) is 31.0 Å². The summed E-state index contributed by atoms with van der Waals surface area (Å²) in [4.78, 5) is 5.45. The Morgan fingerprint density at radius 2 is 2.24 bits per heavy atom. The third-order valence-corrected chi connectivity index (χ3v) is 3.71. The number of hydrogen-bond acceptors (Lipinski definition) is 4. The van der Waals surface area contributed by atoms with Crippen LogP contribution in [-0.2, 0) is 6.18 Å². The Morgan fingerprint density at radius 3 is 2.76 bits per heavy atom. The molecule has 5 nitrogen and oxygen atoms in total. The number of hydrogen-bond donors (Lipinski definition) is 2. The van der Waals surface area contributed by atoms with Gasteiger partial charge in [-0.15, -0.1) is 0 Å². The van der Waals surface area contributed by atoms with Crippen LogP contribution < -0.4 is 10.6 Å². The number of nitrogens with two attached hydrogens (primary N) is 1. The van der Waals surface area contributed by atoms with Gasteiger partial charge in [0.15, 0.2) is 5.84 Å². The van der Waals surface area contributed by atoms with Crippen molar-refractivity contribution in [1.82, 2.24) is 4.98 Å². The smallest absolute Gasteiger partial charge is 0.409 e. The average Bonchev–Trinajstić information content (AvgIpc) is 2.93. The van der Waals surface area contributed by atoms with E-state index in [9.17, 15) is 13.2 Å². The van der Waals surface area contributed by atoms with Gasteiger partial charge in [0, 0.05) is 13.1 Å². The molecular weight excluding hydrogens is 285 g/mol. The molecule has 0 saturated carbocycles. The number of anilines is 1. The summed E-state index contributed by atoms with van der Waals surface area (Å²) in [5.74, 6) is 0.295. The van der Waals surface area contributed by atoms with E-state index in [1.807, 2.05) is 6.92 Å². The van der Waals surface area contributed by atoms with Crippen LogP contribution in [0.15, 0.2) is 17.3 Å². The summed E-state index contributed by atoms with van der Waals surface area (Å²) in [5.41, 5.74) is 4.77. The van der Waals surface area contributed by atoms with Gasteiger partial charge in [0.25, 0.3) is 0 Å². The highest BCUT2D eigenvalue weighted by molar-refractivity contribution is 6.01. The molecular formula is C13H17F3N4O. The Labute approximate surface area is 120 Å². The quantitative estimate of drug-likeness (QED) is 0.389. The molecule has 1 atom stereocenters. The summed E-state index contributed by atoms with van der Waals surface area (Å²) in [6, 6.07) is 2.03. The molecule has 3 N–H and O–H groups in total. The average molecular weight is 302 g/mol. The van der Waals surface area contributed by atoms with Gasteiger partial charge < -0.3 is 15.8 Å². The van der Waals surface area contributed by atoms with Crippen molar-refractivity contribution >= 4 is 11.7 Å². The normalized spacial score (nSPS) is 20.1. The van der Waals surface area contributed by atoms with Crippen LogP contribution in [0.4, 0.5) is 19.0 Å². The van der Waals surface area contributed by atoms with Gasteiger partial charge in [-0.05, 0) is 24.5 Å². The summed E-state index contributed by atoms with van der Waals surface area (Å²) in [6.45, 7) is 3.27. The summed E-state index contributed by atoms with van der Waals surface area (Å²) in [6.07, 6.45) is -2.68. The maximum Gasteiger partial charge on any atom is 0.433 e. The predicted molar refractivity (Wildman–Crippen MR) is 72.4 cm³/mol. The summed E-state index contributed by atoms with van der Waals surface area (Å²) < 4.78 is 38.5. The molecule has 1 saturated heterocycles. The maximum absolute atomic E-state index is 12.8. The highest BCUT2D eigenvalue weighted by Gasteiger charge is 2.34. The molecule has 116 valence electrons. The first-order valence-corrected chi connectivity index (χ1v) is 6.68. The Morgan fingerprint density at radius 1 is 1.52 bits per heavy atom. The molecule has 1 aromatic rings. The Bertz CT molecular complexity index is 545. The summed E-state index contributed by atoms with van der Waals surface area (Å²) in [5, 5.41) is 11.6. The van der Waals surface area contributed by atoms with Gasteiger partial charge in [-0.25, -0.2) is 4.98 Å². The standard InChI is InChI=1S/C13H17F3N4O/c1-2-8-5-6-20(7-8)12-9(11(17)19-21)3-4-10(18-12)13(14,15)16/h3-4,8,21H,2,5-7H2,1H3,(H2,17,19). The number of alkyl halides is 3. The monoisotopic (exact) mass is 302 g/mol. The third kappa shape index (κ3) is 3.20. The topological polar surface area (TPSA) is 74.7 Å². The lowest BCUT2D eigenvalue weighted by molar-refractivity contribution is -0.141. The molecule has 1 aromatic heterocycles. The minimum atomic E-state index is -4.53. The van der Waals surface area contributed by atoms with Crippen molar-refractivity contribution in [3.05, 3.63) is 23.4 Å². The van der Waals surface area contributed by atoms with Gasteiger partial charge in [-0.2, -0.15) is 13.2 Å². The fourth-order valence-electron chi connectivity index (χ4n) is 2.46. The molecule has 2 rings (SSSR count). The zero-order valence-electron chi connectivity index (χ0n) is 11.6. The number of halogens is 3. The lowest BCUT2D eigenvalue weighted by Crippen LogP contribution is -2.27.